The molecule has 2 heterocycles. The molecule has 0 aliphatic rings. The lowest BCUT2D eigenvalue weighted by Crippen LogP contribution is -2.01. The highest BCUT2D eigenvalue weighted by atomic mass is 15.3. The van der Waals surface area contributed by atoms with Crippen molar-refractivity contribution in [2.45, 2.75) is 6.92 Å². The molecule has 5 heteroatoms. The zero-order valence-corrected chi connectivity index (χ0v) is 8.73. The van der Waals surface area contributed by atoms with Crippen LogP contribution in [0.15, 0.2) is 24.4 Å². The monoisotopic (exact) mass is 203 g/mol. The maximum absolute atomic E-state index is 5.78. The second-order valence-electron chi connectivity index (χ2n) is 3.39. The quantitative estimate of drug-likeness (QED) is 0.775. The summed E-state index contributed by atoms with van der Waals surface area (Å²) in [6.45, 7) is 1.92. The van der Waals surface area contributed by atoms with Crippen LogP contribution in [-0.2, 0) is 7.05 Å². The van der Waals surface area contributed by atoms with Crippen molar-refractivity contribution in [3.8, 4) is 0 Å². The van der Waals surface area contributed by atoms with Crippen LogP contribution < -0.4 is 11.1 Å². The lowest BCUT2D eigenvalue weighted by atomic mass is 10.3. The number of nitrogens with two attached hydrogens (primary N) is 1. The first-order chi connectivity index (χ1) is 7.15. The van der Waals surface area contributed by atoms with Gasteiger partial charge in [0.05, 0.1) is 5.69 Å². The molecule has 3 N–H and O–H groups in total. The number of aromatic nitrogens is 3. The number of aryl methyl sites for hydroxylation is 2. The third kappa shape index (κ3) is 2.07. The van der Waals surface area contributed by atoms with Crippen molar-refractivity contribution in [1.29, 1.82) is 0 Å². The molecule has 0 spiro atoms. The fourth-order valence-corrected chi connectivity index (χ4v) is 1.27. The van der Waals surface area contributed by atoms with E-state index in [2.05, 4.69) is 15.4 Å². The largest absolute Gasteiger partial charge is 0.396 e. The van der Waals surface area contributed by atoms with Gasteiger partial charge in [0.2, 0.25) is 0 Å². The van der Waals surface area contributed by atoms with Gasteiger partial charge in [0.1, 0.15) is 0 Å². The Hall–Kier alpha value is -2.04. The summed E-state index contributed by atoms with van der Waals surface area (Å²) in [6.07, 6.45) is 1.86. The van der Waals surface area contributed by atoms with Gasteiger partial charge in [-0.15, -0.1) is 0 Å². The van der Waals surface area contributed by atoms with Gasteiger partial charge in [0.15, 0.2) is 11.6 Å². The lowest BCUT2D eigenvalue weighted by Gasteiger charge is -2.06. The molecule has 0 aliphatic carbocycles. The Morgan fingerprint density at radius 1 is 1.33 bits per heavy atom. The van der Waals surface area contributed by atoms with Crippen LogP contribution in [0, 0.1) is 6.92 Å². The molecule has 2 rings (SSSR count). The predicted molar refractivity (Wildman–Crippen MR) is 59.9 cm³/mol. The SMILES string of the molecule is Cc1ccc(N)c(Nc2ccn(C)n2)n1. The Kier molecular flexibility index (Phi) is 2.29. The summed E-state index contributed by atoms with van der Waals surface area (Å²) in [4.78, 5) is 4.29. The summed E-state index contributed by atoms with van der Waals surface area (Å²) >= 11 is 0. The van der Waals surface area contributed by atoms with E-state index in [9.17, 15) is 0 Å². The zero-order chi connectivity index (χ0) is 10.8. The first-order valence-electron chi connectivity index (χ1n) is 4.65. The van der Waals surface area contributed by atoms with E-state index in [0.717, 1.165) is 11.5 Å². The van der Waals surface area contributed by atoms with Gasteiger partial charge in [-0.2, -0.15) is 5.10 Å². The molecule has 0 unspecified atom stereocenters. The fourth-order valence-electron chi connectivity index (χ4n) is 1.27. The summed E-state index contributed by atoms with van der Waals surface area (Å²) in [5.74, 6) is 1.39. The molecule has 0 radical (unpaired) electrons. The number of nitrogens with zero attached hydrogens (tertiary/aromatic N) is 3. The van der Waals surface area contributed by atoms with E-state index in [4.69, 9.17) is 5.73 Å². The summed E-state index contributed by atoms with van der Waals surface area (Å²) in [5.41, 5.74) is 7.32. The van der Waals surface area contributed by atoms with E-state index in [1.807, 2.05) is 38.4 Å². The summed E-state index contributed by atoms with van der Waals surface area (Å²) in [6, 6.07) is 5.57. The van der Waals surface area contributed by atoms with Crippen molar-refractivity contribution in [2.24, 2.45) is 7.05 Å². The molecule has 0 atom stereocenters. The number of anilines is 3. The van der Waals surface area contributed by atoms with Crippen LogP contribution in [0.25, 0.3) is 0 Å². The van der Waals surface area contributed by atoms with Gasteiger partial charge in [0.25, 0.3) is 0 Å². The number of hydrogen-bond donors (Lipinski definition) is 2. The van der Waals surface area contributed by atoms with Gasteiger partial charge in [0, 0.05) is 25.0 Å². The van der Waals surface area contributed by atoms with Crippen molar-refractivity contribution in [2.75, 3.05) is 11.1 Å². The Balaban J connectivity index is 2.27. The minimum absolute atomic E-state index is 0.617. The van der Waals surface area contributed by atoms with Crippen molar-refractivity contribution < 1.29 is 0 Å². The highest BCUT2D eigenvalue weighted by molar-refractivity contribution is 5.66. The molecule has 2 aromatic rings. The molecule has 0 saturated heterocycles. The van der Waals surface area contributed by atoms with Gasteiger partial charge in [-0.25, -0.2) is 4.98 Å². The number of hydrogen-bond acceptors (Lipinski definition) is 4. The molecule has 0 fully saturated rings. The van der Waals surface area contributed by atoms with E-state index in [1.165, 1.54) is 0 Å². The number of nitrogens with one attached hydrogen (secondary N) is 1. The standard InChI is InChI=1S/C10H13N5/c1-7-3-4-8(11)10(12-7)13-9-5-6-15(2)14-9/h3-6H,11H2,1-2H3,(H,12,13,14). The van der Waals surface area contributed by atoms with E-state index in [-0.39, 0.29) is 0 Å². The second kappa shape index (κ2) is 3.61. The molecule has 0 saturated carbocycles. The van der Waals surface area contributed by atoms with Crippen molar-refractivity contribution >= 4 is 17.3 Å². The molecule has 2 aromatic heterocycles. The minimum atomic E-state index is 0.617. The molecule has 0 bridgehead atoms. The van der Waals surface area contributed by atoms with Crippen molar-refractivity contribution in [1.82, 2.24) is 14.8 Å². The number of nitrogen functional groups attached to an aromatic ring is 1. The molecule has 78 valence electrons. The average Bonchev–Trinajstić information content (AvgIpc) is 2.58. The van der Waals surface area contributed by atoms with E-state index in [1.54, 1.807) is 4.68 Å². The van der Waals surface area contributed by atoms with E-state index < -0.39 is 0 Å². The van der Waals surface area contributed by atoms with Crippen molar-refractivity contribution in [3.05, 3.63) is 30.1 Å². The second-order valence-corrected chi connectivity index (χ2v) is 3.39. The third-order valence-corrected chi connectivity index (χ3v) is 2.03. The Labute approximate surface area is 87.9 Å². The Morgan fingerprint density at radius 2 is 2.13 bits per heavy atom. The van der Waals surface area contributed by atoms with E-state index >= 15 is 0 Å². The average molecular weight is 203 g/mol. The Bertz CT molecular complexity index is 474. The molecular formula is C10H13N5. The van der Waals surface area contributed by atoms with Gasteiger partial charge in [-0.1, -0.05) is 0 Å². The zero-order valence-electron chi connectivity index (χ0n) is 8.73. The van der Waals surface area contributed by atoms with Crippen LogP contribution in [0.3, 0.4) is 0 Å². The van der Waals surface area contributed by atoms with Gasteiger partial charge >= 0.3 is 0 Å². The highest BCUT2D eigenvalue weighted by Gasteiger charge is 2.03. The first kappa shape index (κ1) is 9.51. The van der Waals surface area contributed by atoms with Crippen LogP contribution in [0.4, 0.5) is 17.3 Å². The predicted octanol–water partition coefficient (Wildman–Crippen LogP) is 1.45. The summed E-state index contributed by atoms with van der Waals surface area (Å²) in [5, 5.41) is 7.25. The topological polar surface area (TPSA) is 68.8 Å². The maximum Gasteiger partial charge on any atom is 0.155 e. The minimum Gasteiger partial charge on any atom is -0.396 e. The van der Waals surface area contributed by atoms with Crippen LogP contribution >= 0.6 is 0 Å². The fraction of sp³-hybridized carbons (Fsp3) is 0.200. The molecule has 0 aliphatic heterocycles. The van der Waals surface area contributed by atoms with Gasteiger partial charge < -0.3 is 11.1 Å². The maximum atomic E-state index is 5.78. The Morgan fingerprint density at radius 3 is 2.80 bits per heavy atom. The smallest absolute Gasteiger partial charge is 0.155 e. The molecule has 15 heavy (non-hydrogen) atoms. The highest BCUT2D eigenvalue weighted by Crippen LogP contribution is 2.19. The molecule has 5 nitrogen and oxygen atoms in total. The van der Waals surface area contributed by atoms with Crippen LogP contribution in [-0.4, -0.2) is 14.8 Å². The van der Waals surface area contributed by atoms with Crippen molar-refractivity contribution in [3.63, 3.8) is 0 Å². The third-order valence-electron chi connectivity index (χ3n) is 2.03. The van der Waals surface area contributed by atoms with E-state index in [0.29, 0.717) is 11.5 Å². The van der Waals surface area contributed by atoms with Gasteiger partial charge in [-0.3, -0.25) is 4.68 Å². The number of pyridine rings is 1. The molecule has 0 amide bonds. The normalized spacial score (nSPS) is 10.3. The van der Waals surface area contributed by atoms with Gasteiger partial charge in [-0.05, 0) is 19.1 Å². The summed E-state index contributed by atoms with van der Waals surface area (Å²) < 4.78 is 1.72. The van der Waals surface area contributed by atoms with Crippen LogP contribution in [0.1, 0.15) is 5.69 Å². The van der Waals surface area contributed by atoms with Crippen LogP contribution in [0.5, 0.6) is 0 Å². The number of rotatable bonds is 2. The lowest BCUT2D eigenvalue weighted by molar-refractivity contribution is 0.771. The molecular weight excluding hydrogens is 190 g/mol. The molecule has 0 aromatic carbocycles. The summed E-state index contributed by atoms with van der Waals surface area (Å²) in [7, 11) is 1.86. The van der Waals surface area contributed by atoms with Crippen LogP contribution in [0.2, 0.25) is 0 Å². The first-order valence-corrected chi connectivity index (χ1v) is 4.65.